The second kappa shape index (κ2) is 16.9. The lowest BCUT2D eigenvalue weighted by molar-refractivity contribution is -0.179. The smallest absolute Gasteiger partial charge is 0.159 e. The minimum atomic E-state index is -0.549. The highest BCUT2D eigenvalue weighted by molar-refractivity contribution is 6.30. The van der Waals surface area contributed by atoms with Crippen LogP contribution in [0.25, 0.3) is 0 Å². The van der Waals surface area contributed by atoms with Gasteiger partial charge in [-0.15, -0.1) is 0 Å². The van der Waals surface area contributed by atoms with Crippen LogP contribution in [0.5, 0.6) is 0 Å². The van der Waals surface area contributed by atoms with Gasteiger partial charge in [-0.25, -0.2) is 0 Å². The Morgan fingerprint density at radius 1 is 0.409 bits per heavy atom. The maximum Gasteiger partial charge on any atom is 0.159 e. The molecule has 0 radical (unpaired) electrons. The highest BCUT2D eigenvalue weighted by atomic mass is 16.2. The Kier molecular flexibility index (Phi) is 13.4. The Morgan fingerprint density at radius 3 is 1.05 bits per heavy atom. The minimum absolute atomic E-state index is 0.414. The van der Waals surface area contributed by atoms with Gasteiger partial charge < -0.3 is 0 Å². The molecule has 5 aliphatic carbocycles. The SMILES string of the molecule is CCCCCCCC[C@H]1CC[C@H](C2CCC3(CC2)C(=O)C2(CCC([C@H]4CC[C@H](CCCCCCCC)CC4)CC2)C3=O)CC1. The number of hydrogen-bond donors (Lipinski definition) is 0. The molecule has 5 aliphatic rings. The summed E-state index contributed by atoms with van der Waals surface area (Å²) < 4.78 is 0. The summed E-state index contributed by atoms with van der Waals surface area (Å²) in [5.74, 6) is 6.05. The molecule has 0 N–H and O–H groups in total. The highest BCUT2D eigenvalue weighted by Gasteiger charge is 2.71. The third-order valence-corrected chi connectivity index (χ3v) is 14.6. The van der Waals surface area contributed by atoms with E-state index < -0.39 is 10.8 Å². The number of unbranched alkanes of at least 4 members (excludes halogenated alkanes) is 10. The van der Waals surface area contributed by atoms with Gasteiger partial charge in [0, 0.05) is 0 Å². The summed E-state index contributed by atoms with van der Waals surface area (Å²) in [6, 6.07) is 0. The van der Waals surface area contributed by atoms with Gasteiger partial charge in [-0.2, -0.15) is 0 Å². The second-order valence-corrected chi connectivity index (χ2v) is 17.2. The predicted octanol–water partition coefficient (Wildman–Crippen LogP) is 12.6. The topological polar surface area (TPSA) is 34.1 Å². The number of carbonyl (C=O) groups excluding carboxylic acids is 2. The Labute approximate surface area is 273 Å². The van der Waals surface area contributed by atoms with Crippen molar-refractivity contribution in [2.45, 2.75) is 206 Å². The van der Waals surface area contributed by atoms with Crippen molar-refractivity contribution in [3.63, 3.8) is 0 Å². The van der Waals surface area contributed by atoms with Gasteiger partial charge in [-0.1, -0.05) is 129 Å². The van der Waals surface area contributed by atoms with E-state index in [1.54, 1.807) is 0 Å². The molecule has 0 unspecified atom stereocenters. The lowest BCUT2D eigenvalue weighted by atomic mass is 9.41. The molecule has 5 rings (SSSR count). The van der Waals surface area contributed by atoms with Crippen LogP contribution in [0.3, 0.4) is 0 Å². The maximum absolute atomic E-state index is 13.9. The lowest BCUT2D eigenvalue weighted by Gasteiger charge is -2.58. The molecule has 0 saturated heterocycles. The van der Waals surface area contributed by atoms with Crippen LogP contribution in [-0.4, -0.2) is 11.6 Å². The molecule has 5 fully saturated rings. The normalized spacial score (nSPS) is 37.9. The number of Topliss-reactive ketones (excluding diaryl/α,β-unsaturated/α-hetero) is 2. The zero-order chi connectivity index (χ0) is 30.8. The van der Waals surface area contributed by atoms with Gasteiger partial charge in [0.15, 0.2) is 11.6 Å². The minimum Gasteiger partial charge on any atom is -0.297 e. The third-order valence-electron chi connectivity index (χ3n) is 14.6. The monoisotopic (exact) mass is 609 g/mol. The fourth-order valence-corrected chi connectivity index (χ4v) is 11.5. The fraction of sp³-hybridized carbons (Fsp3) is 0.952. The summed E-state index contributed by atoms with van der Waals surface area (Å²) in [6.45, 7) is 4.60. The van der Waals surface area contributed by atoms with E-state index in [4.69, 9.17) is 0 Å². The van der Waals surface area contributed by atoms with E-state index >= 15 is 0 Å². The van der Waals surface area contributed by atoms with Crippen LogP contribution in [0.15, 0.2) is 0 Å². The molecule has 2 nitrogen and oxygen atoms in total. The molecule has 2 heteroatoms. The molecular formula is C42H72O2. The molecule has 2 spiro atoms. The number of hydrogen-bond acceptors (Lipinski definition) is 2. The summed E-state index contributed by atoms with van der Waals surface area (Å²) in [6.07, 6.45) is 39.4. The van der Waals surface area contributed by atoms with Crippen molar-refractivity contribution in [3.05, 3.63) is 0 Å². The van der Waals surface area contributed by atoms with Crippen molar-refractivity contribution in [3.8, 4) is 0 Å². The van der Waals surface area contributed by atoms with Crippen LogP contribution in [0.2, 0.25) is 0 Å². The first-order chi connectivity index (χ1) is 21.5. The average molecular weight is 609 g/mol. The summed E-state index contributed by atoms with van der Waals surface area (Å²) in [5, 5.41) is 0. The van der Waals surface area contributed by atoms with Crippen LogP contribution >= 0.6 is 0 Å². The van der Waals surface area contributed by atoms with E-state index in [2.05, 4.69) is 13.8 Å². The van der Waals surface area contributed by atoms with Crippen LogP contribution < -0.4 is 0 Å². The van der Waals surface area contributed by atoms with Crippen molar-refractivity contribution in [1.29, 1.82) is 0 Å². The largest absolute Gasteiger partial charge is 0.297 e. The van der Waals surface area contributed by atoms with Gasteiger partial charge in [0.25, 0.3) is 0 Å². The summed E-state index contributed by atoms with van der Waals surface area (Å²) >= 11 is 0. The van der Waals surface area contributed by atoms with E-state index in [9.17, 15) is 9.59 Å². The van der Waals surface area contributed by atoms with Crippen molar-refractivity contribution in [2.75, 3.05) is 0 Å². The van der Waals surface area contributed by atoms with Gasteiger partial charge in [0.1, 0.15) is 0 Å². The summed E-state index contributed by atoms with van der Waals surface area (Å²) in [4.78, 5) is 27.8. The van der Waals surface area contributed by atoms with E-state index in [-0.39, 0.29) is 0 Å². The second-order valence-electron chi connectivity index (χ2n) is 17.2. The molecule has 0 aromatic carbocycles. The van der Waals surface area contributed by atoms with E-state index in [0.717, 1.165) is 86.9 Å². The molecule has 0 aromatic heterocycles. The zero-order valence-electron chi connectivity index (χ0n) is 29.5. The van der Waals surface area contributed by atoms with Gasteiger partial charge in [0.05, 0.1) is 10.8 Å². The van der Waals surface area contributed by atoms with Crippen LogP contribution in [0.1, 0.15) is 206 Å². The van der Waals surface area contributed by atoms with E-state index in [1.165, 1.54) is 141 Å². The molecule has 44 heavy (non-hydrogen) atoms. The Balaban J connectivity index is 0.972. The van der Waals surface area contributed by atoms with Crippen molar-refractivity contribution >= 4 is 11.6 Å². The molecule has 0 aliphatic heterocycles. The molecule has 5 saturated carbocycles. The van der Waals surface area contributed by atoms with Crippen LogP contribution in [-0.2, 0) is 9.59 Å². The zero-order valence-corrected chi connectivity index (χ0v) is 29.5. The predicted molar refractivity (Wildman–Crippen MR) is 186 cm³/mol. The standard InChI is InChI=1S/C42H72O2/c1-3-5-7-9-11-13-15-33-17-21-35(22-18-33)37-25-29-41(30-26-37)39(43)42(40(41)44)31-27-38(28-32-42)36-23-19-34(20-24-36)16-14-12-10-8-6-4-2/h33-38H,3-32H2,1-2H3/t33-,34-,35-,36-,37?,38?,41?,42?. The van der Waals surface area contributed by atoms with Gasteiger partial charge in [0.2, 0.25) is 0 Å². The number of carbonyl (C=O) groups is 2. The van der Waals surface area contributed by atoms with Crippen molar-refractivity contribution < 1.29 is 9.59 Å². The fourth-order valence-electron chi connectivity index (χ4n) is 11.5. The van der Waals surface area contributed by atoms with Crippen LogP contribution in [0, 0.1) is 46.3 Å². The summed E-state index contributed by atoms with van der Waals surface area (Å²) in [5.41, 5.74) is -1.10. The maximum atomic E-state index is 13.9. The Hall–Kier alpha value is -0.660. The summed E-state index contributed by atoms with van der Waals surface area (Å²) in [7, 11) is 0. The van der Waals surface area contributed by atoms with Gasteiger partial charge in [-0.05, 0) is 113 Å². The number of ketones is 2. The van der Waals surface area contributed by atoms with Gasteiger partial charge >= 0.3 is 0 Å². The van der Waals surface area contributed by atoms with Crippen LogP contribution in [0.4, 0.5) is 0 Å². The molecule has 0 aromatic rings. The van der Waals surface area contributed by atoms with Gasteiger partial charge in [-0.3, -0.25) is 9.59 Å². The molecule has 0 heterocycles. The third kappa shape index (κ3) is 8.06. The first-order valence-electron chi connectivity index (χ1n) is 20.6. The molecule has 0 amide bonds. The average Bonchev–Trinajstić information content (AvgIpc) is 3.08. The van der Waals surface area contributed by atoms with Crippen molar-refractivity contribution in [2.24, 2.45) is 46.3 Å². The lowest BCUT2D eigenvalue weighted by Crippen LogP contribution is -2.68. The van der Waals surface area contributed by atoms with Crippen molar-refractivity contribution in [1.82, 2.24) is 0 Å². The quantitative estimate of drug-likeness (QED) is 0.129. The Morgan fingerprint density at radius 2 is 0.705 bits per heavy atom. The molecule has 0 atom stereocenters. The number of rotatable bonds is 16. The van der Waals surface area contributed by atoms with E-state index in [1.807, 2.05) is 0 Å². The molecule has 252 valence electrons. The first kappa shape index (κ1) is 34.7. The Bertz CT molecular complexity index is 768. The molecular weight excluding hydrogens is 536 g/mol. The first-order valence-corrected chi connectivity index (χ1v) is 20.6. The highest BCUT2D eigenvalue weighted by Crippen LogP contribution is 2.63. The van der Waals surface area contributed by atoms with E-state index in [0.29, 0.717) is 11.6 Å². The molecule has 0 bridgehead atoms.